The molecule has 3 aromatic rings. The van der Waals surface area contributed by atoms with Crippen molar-refractivity contribution in [2.75, 3.05) is 5.32 Å². The number of aliphatic hydroxyl groups excluding tert-OH is 1. The SMILES string of the molecule is CC(C)c1cc2c(Nc3ccccc3)c(C(=O)NC3CC3)cnc2cc1CO. The molecule has 2 aromatic carbocycles. The largest absolute Gasteiger partial charge is 0.392 e. The number of amides is 1. The van der Waals surface area contributed by atoms with Gasteiger partial charge in [0.2, 0.25) is 0 Å². The Kier molecular flexibility index (Phi) is 5.01. The second-order valence-electron chi connectivity index (χ2n) is 7.67. The van der Waals surface area contributed by atoms with Gasteiger partial charge in [-0.1, -0.05) is 32.0 Å². The first kappa shape index (κ1) is 18.4. The number of hydrogen-bond acceptors (Lipinski definition) is 4. The third kappa shape index (κ3) is 3.71. The van der Waals surface area contributed by atoms with E-state index in [9.17, 15) is 9.90 Å². The molecule has 5 nitrogen and oxygen atoms in total. The molecule has 0 aliphatic heterocycles. The van der Waals surface area contributed by atoms with Gasteiger partial charge in [-0.05, 0) is 54.2 Å². The number of carbonyl (C=O) groups is 1. The fourth-order valence-electron chi connectivity index (χ4n) is 3.44. The van der Waals surface area contributed by atoms with E-state index >= 15 is 0 Å². The lowest BCUT2D eigenvalue weighted by Crippen LogP contribution is -2.26. The third-order valence-electron chi connectivity index (χ3n) is 5.12. The van der Waals surface area contributed by atoms with Gasteiger partial charge in [0.1, 0.15) is 0 Å². The van der Waals surface area contributed by atoms with Crippen molar-refractivity contribution in [2.24, 2.45) is 0 Å². The van der Waals surface area contributed by atoms with Crippen LogP contribution in [0.3, 0.4) is 0 Å². The van der Waals surface area contributed by atoms with Gasteiger partial charge in [-0.2, -0.15) is 0 Å². The number of nitrogens with one attached hydrogen (secondary N) is 2. The molecule has 3 N–H and O–H groups in total. The zero-order valence-corrected chi connectivity index (χ0v) is 16.2. The molecule has 1 saturated carbocycles. The summed E-state index contributed by atoms with van der Waals surface area (Å²) in [6.07, 6.45) is 3.69. The first-order valence-electron chi connectivity index (χ1n) is 9.76. The van der Waals surface area contributed by atoms with Crippen LogP contribution in [0.15, 0.2) is 48.7 Å². The topological polar surface area (TPSA) is 74.2 Å². The summed E-state index contributed by atoms with van der Waals surface area (Å²) >= 11 is 0. The van der Waals surface area contributed by atoms with E-state index in [2.05, 4.69) is 35.5 Å². The van der Waals surface area contributed by atoms with Gasteiger partial charge in [0.05, 0.1) is 23.4 Å². The molecular formula is C23H25N3O2. The second kappa shape index (κ2) is 7.60. The first-order valence-corrected chi connectivity index (χ1v) is 9.76. The van der Waals surface area contributed by atoms with Crippen molar-refractivity contribution in [3.05, 3.63) is 65.4 Å². The Hall–Kier alpha value is -2.92. The van der Waals surface area contributed by atoms with E-state index in [0.29, 0.717) is 5.56 Å². The molecule has 4 rings (SSSR count). The van der Waals surface area contributed by atoms with Crippen LogP contribution in [-0.4, -0.2) is 22.0 Å². The Balaban J connectivity index is 1.89. The predicted molar refractivity (Wildman–Crippen MR) is 112 cm³/mol. The van der Waals surface area contributed by atoms with E-state index in [4.69, 9.17) is 0 Å². The highest BCUT2D eigenvalue weighted by atomic mass is 16.3. The van der Waals surface area contributed by atoms with Gasteiger partial charge < -0.3 is 15.7 Å². The Morgan fingerprint density at radius 1 is 1.21 bits per heavy atom. The maximum Gasteiger partial charge on any atom is 0.255 e. The second-order valence-corrected chi connectivity index (χ2v) is 7.67. The number of anilines is 2. The van der Waals surface area contributed by atoms with E-state index in [1.165, 1.54) is 0 Å². The molecule has 28 heavy (non-hydrogen) atoms. The number of rotatable bonds is 6. The van der Waals surface area contributed by atoms with Crippen molar-refractivity contribution in [2.45, 2.75) is 45.3 Å². The van der Waals surface area contributed by atoms with Crippen molar-refractivity contribution < 1.29 is 9.90 Å². The molecule has 0 radical (unpaired) electrons. The fraction of sp³-hybridized carbons (Fsp3) is 0.304. The average Bonchev–Trinajstić information content (AvgIpc) is 3.51. The number of hydrogen-bond donors (Lipinski definition) is 3. The minimum absolute atomic E-state index is 0.0313. The summed E-state index contributed by atoms with van der Waals surface area (Å²) in [6, 6.07) is 14.1. The van der Waals surface area contributed by atoms with Crippen LogP contribution in [-0.2, 0) is 6.61 Å². The highest BCUT2D eigenvalue weighted by Crippen LogP contribution is 2.34. The number of aliphatic hydroxyl groups is 1. The van der Waals surface area contributed by atoms with Gasteiger partial charge in [-0.15, -0.1) is 0 Å². The van der Waals surface area contributed by atoms with Crippen LogP contribution in [0.25, 0.3) is 10.9 Å². The first-order chi connectivity index (χ1) is 13.6. The molecule has 1 fully saturated rings. The standard InChI is InChI=1S/C23H25N3O2/c1-14(2)18-11-19-21(10-15(18)13-27)24-12-20(23(28)26-17-8-9-17)22(19)25-16-6-4-3-5-7-16/h3-7,10-12,14,17,27H,8-9,13H2,1-2H3,(H,24,25)(H,26,28). The van der Waals surface area contributed by atoms with Crippen LogP contribution in [0.1, 0.15) is 54.1 Å². The minimum atomic E-state index is -0.104. The molecule has 144 valence electrons. The van der Waals surface area contributed by atoms with Crippen LogP contribution in [0, 0.1) is 0 Å². The Labute approximate surface area is 164 Å². The lowest BCUT2D eigenvalue weighted by atomic mass is 9.94. The smallest absolute Gasteiger partial charge is 0.255 e. The summed E-state index contributed by atoms with van der Waals surface area (Å²) in [7, 11) is 0. The van der Waals surface area contributed by atoms with Crippen molar-refractivity contribution in [3.63, 3.8) is 0 Å². The summed E-state index contributed by atoms with van der Waals surface area (Å²) in [5.41, 5.74) is 4.89. The monoisotopic (exact) mass is 375 g/mol. The molecule has 1 aliphatic rings. The number of pyridine rings is 1. The van der Waals surface area contributed by atoms with Crippen LogP contribution in [0.5, 0.6) is 0 Å². The zero-order valence-electron chi connectivity index (χ0n) is 16.2. The van der Waals surface area contributed by atoms with Crippen molar-refractivity contribution in [1.82, 2.24) is 10.3 Å². The number of benzene rings is 2. The Bertz CT molecular complexity index is 1010. The number of nitrogens with zero attached hydrogens (tertiary/aromatic N) is 1. The molecule has 0 spiro atoms. The predicted octanol–water partition coefficient (Wildman–Crippen LogP) is 4.49. The molecule has 0 atom stereocenters. The number of aromatic nitrogens is 1. The Morgan fingerprint density at radius 3 is 2.61 bits per heavy atom. The van der Waals surface area contributed by atoms with E-state index in [1.807, 2.05) is 36.4 Å². The minimum Gasteiger partial charge on any atom is -0.392 e. The van der Waals surface area contributed by atoms with E-state index in [1.54, 1.807) is 6.20 Å². The summed E-state index contributed by atoms with van der Waals surface area (Å²) < 4.78 is 0. The lowest BCUT2D eigenvalue weighted by molar-refractivity contribution is 0.0951. The summed E-state index contributed by atoms with van der Waals surface area (Å²) in [6.45, 7) is 4.17. The molecule has 0 saturated heterocycles. The van der Waals surface area contributed by atoms with Crippen LogP contribution in [0.2, 0.25) is 0 Å². The Morgan fingerprint density at radius 2 is 1.96 bits per heavy atom. The van der Waals surface area contributed by atoms with Gasteiger partial charge in [0.25, 0.3) is 5.91 Å². The molecule has 0 unspecified atom stereocenters. The van der Waals surface area contributed by atoms with Crippen molar-refractivity contribution in [3.8, 4) is 0 Å². The van der Waals surface area contributed by atoms with E-state index in [0.717, 1.165) is 46.2 Å². The molecule has 1 amide bonds. The van der Waals surface area contributed by atoms with Gasteiger partial charge in [-0.25, -0.2) is 0 Å². The van der Waals surface area contributed by atoms with Gasteiger partial charge in [-0.3, -0.25) is 9.78 Å². The van der Waals surface area contributed by atoms with Crippen LogP contribution < -0.4 is 10.6 Å². The van der Waals surface area contributed by atoms with Gasteiger partial charge in [0, 0.05) is 23.3 Å². The summed E-state index contributed by atoms with van der Waals surface area (Å²) in [5.74, 6) is 0.146. The molecule has 1 aromatic heterocycles. The van der Waals surface area contributed by atoms with Crippen LogP contribution in [0.4, 0.5) is 11.4 Å². The van der Waals surface area contributed by atoms with Crippen molar-refractivity contribution >= 4 is 28.2 Å². The van der Waals surface area contributed by atoms with E-state index in [-0.39, 0.29) is 24.5 Å². The molecule has 1 aliphatic carbocycles. The highest BCUT2D eigenvalue weighted by Gasteiger charge is 2.26. The normalized spacial score (nSPS) is 13.7. The maximum absolute atomic E-state index is 12.9. The van der Waals surface area contributed by atoms with E-state index < -0.39 is 0 Å². The third-order valence-corrected chi connectivity index (χ3v) is 5.12. The fourth-order valence-corrected chi connectivity index (χ4v) is 3.44. The lowest BCUT2D eigenvalue weighted by Gasteiger charge is -2.18. The number of para-hydroxylation sites is 1. The average molecular weight is 375 g/mol. The highest BCUT2D eigenvalue weighted by molar-refractivity contribution is 6.08. The number of fused-ring (bicyclic) bond motifs is 1. The summed E-state index contributed by atoms with van der Waals surface area (Å²) in [4.78, 5) is 17.4. The molecule has 5 heteroatoms. The molecule has 1 heterocycles. The maximum atomic E-state index is 12.9. The van der Waals surface area contributed by atoms with Gasteiger partial charge in [0.15, 0.2) is 0 Å². The van der Waals surface area contributed by atoms with Crippen LogP contribution >= 0.6 is 0 Å². The zero-order chi connectivity index (χ0) is 19.7. The molecular weight excluding hydrogens is 350 g/mol. The number of carbonyl (C=O) groups excluding carboxylic acids is 1. The van der Waals surface area contributed by atoms with Crippen molar-refractivity contribution in [1.29, 1.82) is 0 Å². The molecule has 0 bridgehead atoms. The summed E-state index contributed by atoms with van der Waals surface area (Å²) in [5, 5.41) is 17.1. The van der Waals surface area contributed by atoms with Gasteiger partial charge >= 0.3 is 0 Å². The quantitative estimate of drug-likeness (QED) is 0.594.